The van der Waals surface area contributed by atoms with Gasteiger partial charge in [-0.2, -0.15) is 13.2 Å². The van der Waals surface area contributed by atoms with Gasteiger partial charge in [-0.15, -0.1) is 0 Å². The number of benzene rings is 2. The highest BCUT2D eigenvalue weighted by Gasteiger charge is 2.36. The summed E-state index contributed by atoms with van der Waals surface area (Å²) in [7, 11) is 0. The maximum absolute atomic E-state index is 13.8. The molecular weight excluding hydrogens is 389 g/mol. The highest BCUT2D eigenvalue weighted by molar-refractivity contribution is 5.88. The number of nitrogens with one attached hydrogen (secondary N) is 2. The van der Waals surface area contributed by atoms with Crippen molar-refractivity contribution in [3.63, 3.8) is 0 Å². The average molecular weight is 416 g/mol. The van der Waals surface area contributed by atoms with Crippen LogP contribution in [0.1, 0.15) is 55.4 Å². The van der Waals surface area contributed by atoms with Crippen molar-refractivity contribution in [1.29, 1.82) is 0 Å². The minimum atomic E-state index is -4.50. The van der Waals surface area contributed by atoms with E-state index in [9.17, 15) is 18.0 Å². The molecule has 2 N–H and O–H groups in total. The van der Waals surface area contributed by atoms with Crippen molar-refractivity contribution in [2.45, 2.75) is 45.7 Å². The Bertz CT molecular complexity index is 1020. The maximum Gasteiger partial charge on any atom is 0.416 e. The Morgan fingerprint density at radius 3 is 2.47 bits per heavy atom. The average Bonchev–Trinajstić information content (AvgIpc) is 3.14. The van der Waals surface area contributed by atoms with Crippen LogP contribution in [0.25, 0.3) is 10.9 Å². The summed E-state index contributed by atoms with van der Waals surface area (Å²) in [4.78, 5) is 15.9. The first-order valence-corrected chi connectivity index (χ1v) is 10.2. The first-order valence-electron chi connectivity index (χ1n) is 10.2. The van der Waals surface area contributed by atoms with Crippen LogP contribution < -0.4 is 5.32 Å². The topological polar surface area (TPSA) is 44.9 Å². The third-order valence-electron chi connectivity index (χ3n) is 5.33. The summed E-state index contributed by atoms with van der Waals surface area (Å²) in [6, 6.07) is 11.3. The monoisotopic (exact) mass is 416 g/mol. The quantitative estimate of drug-likeness (QED) is 0.484. The lowest BCUT2D eigenvalue weighted by atomic mass is 9.84. The van der Waals surface area contributed by atoms with Gasteiger partial charge in [0, 0.05) is 36.0 Å². The number of rotatable bonds is 7. The molecule has 0 radical (unpaired) electrons. The van der Waals surface area contributed by atoms with Gasteiger partial charge in [0.25, 0.3) is 0 Å². The van der Waals surface area contributed by atoms with Gasteiger partial charge in [-0.25, -0.2) is 0 Å². The molecule has 3 aromatic rings. The fourth-order valence-electron chi connectivity index (χ4n) is 3.84. The number of para-hydroxylation sites is 1. The largest absolute Gasteiger partial charge is 0.416 e. The van der Waals surface area contributed by atoms with Crippen LogP contribution in [0.2, 0.25) is 0 Å². The zero-order valence-corrected chi connectivity index (χ0v) is 17.4. The molecule has 1 amide bonds. The lowest BCUT2D eigenvalue weighted by Crippen LogP contribution is -2.29. The molecule has 1 atom stereocenters. The summed E-state index contributed by atoms with van der Waals surface area (Å²) in [6.07, 6.45) is -2.00. The molecule has 0 saturated heterocycles. The molecule has 0 aliphatic carbocycles. The predicted molar refractivity (Wildman–Crippen MR) is 113 cm³/mol. The van der Waals surface area contributed by atoms with Crippen LogP contribution >= 0.6 is 0 Å². The van der Waals surface area contributed by atoms with Crippen LogP contribution in [0.3, 0.4) is 0 Å². The molecule has 0 spiro atoms. The van der Waals surface area contributed by atoms with E-state index >= 15 is 0 Å². The first-order chi connectivity index (χ1) is 14.2. The molecule has 160 valence electrons. The number of aryl methyl sites for hydroxylation is 1. The van der Waals surface area contributed by atoms with Gasteiger partial charge in [-0.1, -0.05) is 57.2 Å². The Labute approximate surface area is 174 Å². The molecule has 3 rings (SSSR count). The van der Waals surface area contributed by atoms with Gasteiger partial charge in [0.15, 0.2) is 0 Å². The van der Waals surface area contributed by atoms with Gasteiger partial charge < -0.3 is 10.3 Å². The number of carbonyl (C=O) groups excluding carboxylic acids is 1. The van der Waals surface area contributed by atoms with Gasteiger partial charge in [-0.05, 0) is 35.1 Å². The fraction of sp³-hybridized carbons (Fsp3) is 0.375. The van der Waals surface area contributed by atoms with Gasteiger partial charge >= 0.3 is 6.18 Å². The van der Waals surface area contributed by atoms with E-state index in [4.69, 9.17) is 0 Å². The lowest BCUT2D eigenvalue weighted by molar-refractivity contribution is -0.138. The van der Waals surface area contributed by atoms with E-state index in [1.165, 1.54) is 12.1 Å². The number of hydrogen-bond donors (Lipinski definition) is 2. The molecule has 1 aromatic heterocycles. The molecule has 1 unspecified atom stereocenters. The molecule has 1 heterocycles. The molecule has 30 heavy (non-hydrogen) atoms. The zero-order chi connectivity index (χ0) is 21.9. The number of aromatic nitrogens is 1. The lowest BCUT2D eigenvalue weighted by Gasteiger charge is -2.22. The Kier molecular flexibility index (Phi) is 6.54. The second-order valence-corrected chi connectivity index (χ2v) is 7.98. The first kappa shape index (κ1) is 21.9. The summed E-state index contributed by atoms with van der Waals surface area (Å²) in [5, 5.41) is 3.70. The van der Waals surface area contributed by atoms with E-state index in [0.29, 0.717) is 12.1 Å². The highest BCUT2D eigenvalue weighted by atomic mass is 19.4. The van der Waals surface area contributed by atoms with Crippen molar-refractivity contribution < 1.29 is 18.0 Å². The molecule has 0 fully saturated rings. The number of amides is 1. The van der Waals surface area contributed by atoms with Gasteiger partial charge in [0.1, 0.15) is 0 Å². The minimum Gasteiger partial charge on any atom is -0.361 e. The van der Waals surface area contributed by atoms with Crippen molar-refractivity contribution in [2.75, 3.05) is 6.54 Å². The molecule has 0 aliphatic heterocycles. The molecule has 3 nitrogen and oxygen atoms in total. The Morgan fingerprint density at radius 1 is 1.07 bits per heavy atom. The number of halogens is 3. The van der Waals surface area contributed by atoms with E-state index in [2.05, 4.69) is 10.3 Å². The van der Waals surface area contributed by atoms with Gasteiger partial charge in [0.2, 0.25) is 5.91 Å². The minimum absolute atomic E-state index is 0.0525. The van der Waals surface area contributed by atoms with Crippen molar-refractivity contribution in [3.05, 3.63) is 70.9 Å². The van der Waals surface area contributed by atoms with Crippen LogP contribution in [0, 0.1) is 5.92 Å². The summed E-state index contributed by atoms with van der Waals surface area (Å²) in [5.74, 6) is -0.711. The van der Waals surface area contributed by atoms with Crippen LogP contribution in [-0.2, 0) is 17.4 Å². The Morgan fingerprint density at radius 2 is 1.80 bits per heavy atom. The number of alkyl halides is 3. The second-order valence-electron chi connectivity index (χ2n) is 7.98. The summed E-state index contributed by atoms with van der Waals surface area (Å²) >= 11 is 0. The summed E-state index contributed by atoms with van der Waals surface area (Å²) in [6.45, 7) is 6.47. The molecule has 6 heteroatoms. The Balaban J connectivity index is 2.12. The predicted octanol–water partition coefficient (Wildman–Crippen LogP) is 6.04. The highest BCUT2D eigenvalue weighted by Crippen LogP contribution is 2.41. The SMILES string of the molecule is CCc1cccc2c(C(CC(=O)NCC(C)C)c3ccccc3C(F)(F)F)c[nH]c12. The van der Waals surface area contributed by atoms with Crippen molar-refractivity contribution >= 4 is 16.8 Å². The molecule has 0 aliphatic rings. The van der Waals surface area contributed by atoms with Gasteiger partial charge in [0.05, 0.1) is 5.56 Å². The van der Waals surface area contributed by atoms with E-state index < -0.39 is 17.7 Å². The second kappa shape index (κ2) is 8.94. The normalized spacial score (nSPS) is 13.0. The molecule has 2 aromatic carbocycles. The molecule has 0 saturated carbocycles. The van der Waals surface area contributed by atoms with Crippen LogP contribution in [-0.4, -0.2) is 17.4 Å². The van der Waals surface area contributed by atoms with Crippen molar-refractivity contribution in [1.82, 2.24) is 10.3 Å². The third-order valence-corrected chi connectivity index (χ3v) is 5.33. The van der Waals surface area contributed by atoms with Crippen LogP contribution in [0.5, 0.6) is 0 Å². The fourth-order valence-corrected chi connectivity index (χ4v) is 3.84. The number of H-pyrrole nitrogens is 1. The van der Waals surface area contributed by atoms with E-state index in [-0.39, 0.29) is 23.8 Å². The number of fused-ring (bicyclic) bond motifs is 1. The zero-order valence-electron chi connectivity index (χ0n) is 17.4. The van der Waals surface area contributed by atoms with E-state index in [1.807, 2.05) is 39.0 Å². The smallest absolute Gasteiger partial charge is 0.361 e. The van der Waals surface area contributed by atoms with Crippen LogP contribution in [0.15, 0.2) is 48.7 Å². The number of hydrogen-bond acceptors (Lipinski definition) is 1. The van der Waals surface area contributed by atoms with Crippen molar-refractivity contribution in [3.8, 4) is 0 Å². The number of carbonyl (C=O) groups is 1. The van der Waals surface area contributed by atoms with Gasteiger partial charge in [-0.3, -0.25) is 4.79 Å². The molecular formula is C24H27F3N2O. The molecule has 0 bridgehead atoms. The summed E-state index contributed by atoms with van der Waals surface area (Å²) in [5.41, 5.74) is 2.12. The number of aromatic amines is 1. The Hall–Kier alpha value is -2.76. The standard InChI is InChI=1S/C24H27F3N2O/c1-4-16-8-7-10-18-20(14-29-23(16)18)19(12-22(30)28-13-15(2)3)17-9-5-6-11-21(17)24(25,26)27/h5-11,14-15,19,29H,4,12-13H2,1-3H3,(H,28,30). The van der Waals surface area contributed by atoms with Crippen molar-refractivity contribution in [2.24, 2.45) is 5.92 Å². The van der Waals surface area contributed by atoms with E-state index in [1.54, 1.807) is 12.3 Å². The van der Waals surface area contributed by atoms with Crippen LogP contribution in [0.4, 0.5) is 13.2 Å². The maximum atomic E-state index is 13.8. The van der Waals surface area contributed by atoms with E-state index in [0.717, 1.165) is 29.0 Å². The third kappa shape index (κ3) is 4.69. The summed E-state index contributed by atoms with van der Waals surface area (Å²) < 4.78 is 41.3.